The van der Waals surface area contributed by atoms with Crippen molar-refractivity contribution in [2.75, 3.05) is 6.54 Å². The van der Waals surface area contributed by atoms with Gasteiger partial charge in [0.05, 0.1) is 0 Å². The molecule has 1 aliphatic heterocycles. The van der Waals surface area contributed by atoms with E-state index in [-0.39, 0.29) is 17.9 Å². The number of hydrogen-bond acceptors (Lipinski definition) is 2. The molecule has 1 saturated heterocycles. The van der Waals surface area contributed by atoms with Crippen LogP contribution >= 0.6 is 0 Å². The largest absolute Gasteiger partial charge is 0.342 e. The number of nitrogens with one attached hydrogen (secondary N) is 1. The third-order valence-corrected chi connectivity index (χ3v) is 4.80. The lowest BCUT2D eigenvalue weighted by molar-refractivity contribution is -0.140. The van der Waals surface area contributed by atoms with Crippen LogP contribution in [0.1, 0.15) is 59.3 Å². The molecule has 4 nitrogen and oxygen atoms in total. The lowest BCUT2D eigenvalue weighted by Crippen LogP contribution is -2.56. The van der Waals surface area contributed by atoms with Gasteiger partial charge >= 0.3 is 0 Å². The van der Waals surface area contributed by atoms with E-state index < -0.39 is 5.54 Å². The Labute approximate surface area is 115 Å². The van der Waals surface area contributed by atoms with Crippen LogP contribution in [0.25, 0.3) is 0 Å². The van der Waals surface area contributed by atoms with Gasteiger partial charge in [0.1, 0.15) is 5.54 Å². The highest BCUT2D eigenvalue weighted by Gasteiger charge is 2.42. The lowest BCUT2D eigenvalue weighted by Gasteiger charge is -2.35. The van der Waals surface area contributed by atoms with Crippen LogP contribution in [0.2, 0.25) is 0 Å². The standard InChI is InChI=1S/C15H26N2O2/c1-4-15(3)14(19)17(10-12-7-5-6-8-12)11(2)9-13(18)16-15/h11-12H,4-10H2,1-3H3,(H,16,18). The Kier molecular flexibility index (Phi) is 4.16. The second-order valence-corrected chi connectivity index (χ2v) is 6.39. The second-order valence-electron chi connectivity index (χ2n) is 6.39. The zero-order valence-electron chi connectivity index (χ0n) is 12.4. The summed E-state index contributed by atoms with van der Waals surface area (Å²) in [6.07, 6.45) is 6.08. The minimum absolute atomic E-state index is 0.000813. The first kappa shape index (κ1) is 14.4. The van der Waals surface area contributed by atoms with E-state index in [9.17, 15) is 9.59 Å². The van der Waals surface area contributed by atoms with E-state index >= 15 is 0 Å². The predicted molar refractivity (Wildman–Crippen MR) is 74.6 cm³/mol. The fourth-order valence-corrected chi connectivity index (χ4v) is 3.28. The number of carbonyl (C=O) groups excluding carboxylic acids is 2. The number of hydrogen-bond donors (Lipinski definition) is 1. The van der Waals surface area contributed by atoms with Crippen molar-refractivity contribution >= 4 is 11.8 Å². The van der Waals surface area contributed by atoms with Gasteiger partial charge in [-0.2, -0.15) is 0 Å². The fraction of sp³-hybridized carbons (Fsp3) is 0.867. The molecule has 19 heavy (non-hydrogen) atoms. The molecule has 1 aliphatic carbocycles. The minimum atomic E-state index is -0.722. The molecule has 2 unspecified atom stereocenters. The van der Waals surface area contributed by atoms with Gasteiger partial charge in [-0.1, -0.05) is 19.8 Å². The molecule has 2 rings (SSSR count). The molecule has 0 aromatic carbocycles. The summed E-state index contributed by atoms with van der Waals surface area (Å²) in [5, 5.41) is 2.91. The Bertz CT molecular complexity index is 363. The van der Waals surface area contributed by atoms with Gasteiger partial charge in [-0.3, -0.25) is 9.59 Å². The molecular formula is C15H26N2O2. The molecule has 108 valence electrons. The molecule has 1 heterocycles. The number of rotatable bonds is 3. The lowest BCUT2D eigenvalue weighted by atomic mass is 9.96. The number of amides is 2. The summed E-state index contributed by atoms with van der Waals surface area (Å²) < 4.78 is 0. The Balaban J connectivity index is 2.17. The van der Waals surface area contributed by atoms with Crippen molar-refractivity contribution in [3.8, 4) is 0 Å². The van der Waals surface area contributed by atoms with Crippen molar-refractivity contribution in [3.05, 3.63) is 0 Å². The maximum Gasteiger partial charge on any atom is 0.248 e. The van der Waals surface area contributed by atoms with E-state index in [2.05, 4.69) is 5.32 Å². The first-order chi connectivity index (χ1) is 8.96. The summed E-state index contributed by atoms with van der Waals surface area (Å²) in [5.74, 6) is 0.722. The van der Waals surface area contributed by atoms with Gasteiger partial charge in [0, 0.05) is 19.0 Å². The molecule has 2 amide bonds. The highest BCUT2D eigenvalue weighted by Crippen LogP contribution is 2.29. The first-order valence-electron chi connectivity index (χ1n) is 7.58. The molecule has 2 fully saturated rings. The van der Waals surface area contributed by atoms with Crippen LogP contribution in [0.15, 0.2) is 0 Å². The van der Waals surface area contributed by atoms with E-state index in [1.165, 1.54) is 25.7 Å². The summed E-state index contributed by atoms with van der Waals surface area (Å²) in [5.41, 5.74) is -0.722. The number of carbonyl (C=O) groups is 2. The maximum absolute atomic E-state index is 12.8. The monoisotopic (exact) mass is 266 g/mol. The van der Waals surface area contributed by atoms with E-state index in [4.69, 9.17) is 0 Å². The number of nitrogens with zero attached hydrogens (tertiary/aromatic N) is 1. The summed E-state index contributed by atoms with van der Waals surface area (Å²) in [7, 11) is 0. The van der Waals surface area contributed by atoms with Gasteiger partial charge in [-0.05, 0) is 39.0 Å². The Morgan fingerprint density at radius 3 is 2.53 bits per heavy atom. The van der Waals surface area contributed by atoms with Gasteiger partial charge in [-0.15, -0.1) is 0 Å². The maximum atomic E-state index is 12.8. The molecule has 1 saturated carbocycles. The molecular weight excluding hydrogens is 240 g/mol. The van der Waals surface area contributed by atoms with Crippen LogP contribution in [0.5, 0.6) is 0 Å². The molecule has 2 aliphatic rings. The molecule has 2 atom stereocenters. The van der Waals surface area contributed by atoms with E-state index in [1.807, 2.05) is 25.7 Å². The first-order valence-corrected chi connectivity index (χ1v) is 7.58. The third-order valence-electron chi connectivity index (χ3n) is 4.80. The molecule has 4 heteroatoms. The molecule has 0 radical (unpaired) electrons. The average Bonchev–Trinajstić information content (AvgIpc) is 2.84. The minimum Gasteiger partial charge on any atom is -0.342 e. The smallest absolute Gasteiger partial charge is 0.248 e. The van der Waals surface area contributed by atoms with Crippen molar-refractivity contribution in [1.82, 2.24) is 10.2 Å². The summed E-state index contributed by atoms with van der Waals surface area (Å²) in [6.45, 7) is 6.63. The predicted octanol–water partition coefficient (Wildman–Crippen LogP) is 2.08. The molecule has 0 bridgehead atoms. The summed E-state index contributed by atoms with van der Waals surface area (Å²) >= 11 is 0. The van der Waals surface area contributed by atoms with Crippen LogP contribution in [-0.2, 0) is 9.59 Å². The summed E-state index contributed by atoms with van der Waals surface area (Å²) in [6, 6.07) is 0.0153. The molecule has 1 N–H and O–H groups in total. The molecule has 0 spiro atoms. The van der Waals surface area contributed by atoms with E-state index in [0.29, 0.717) is 18.8 Å². The second kappa shape index (κ2) is 5.51. The Morgan fingerprint density at radius 1 is 1.32 bits per heavy atom. The van der Waals surface area contributed by atoms with Crippen LogP contribution in [0.3, 0.4) is 0 Å². The van der Waals surface area contributed by atoms with Crippen molar-refractivity contribution in [1.29, 1.82) is 0 Å². The Morgan fingerprint density at radius 2 is 1.95 bits per heavy atom. The van der Waals surface area contributed by atoms with E-state index in [0.717, 1.165) is 6.54 Å². The van der Waals surface area contributed by atoms with Gasteiger partial charge in [-0.25, -0.2) is 0 Å². The zero-order chi connectivity index (χ0) is 14.0. The van der Waals surface area contributed by atoms with Crippen molar-refractivity contribution in [3.63, 3.8) is 0 Å². The van der Waals surface area contributed by atoms with Gasteiger partial charge in [0.15, 0.2) is 0 Å². The van der Waals surface area contributed by atoms with Crippen molar-refractivity contribution in [2.45, 2.75) is 70.9 Å². The van der Waals surface area contributed by atoms with Crippen LogP contribution in [0, 0.1) is 5.92 Å². The van der Waals surface area contributed by atoms with Crippen LogP contribution in [-0.4, -0.2) is 34.8 Å². The highest BCUT2D eigenvalue weighted by atomic mass is 16.2. The summed E-state index contributed by atoms with van der Waals surface area (Å²) in [4.78, 5) is 26.6. The van der Waals surface area contributed by atoms with Crippen LogP contribution < -0.4 is 5.32 Å². The van der Waals surface area contributed by atoms with Crippen molar-refractivity contribution in [2.24, 2.45) is 5.92 Å². The third kappa shape index (κ3) is 2.93. The Hall–Kier alpha value is -1.06. The normalized spacial score (nSPS) is 33.4. The zero-order valence-corrected chi connectivity index (χ0v) is 12.4. The van der Waals surface area contributed by atoms with Crippen LogP contribution in [0.4, 0.5) is 0 Å². The van der Waals surface area contributed by atoms with E-state index in [1.54, 1.807) is 0 Å². The average molecular weight is 266 g/mol. The van der Waals surface area contributed by atoms with Gasteiger partial charge < -0.3 is 10.2 Å². The topological polar surface area (TPSA) is 49.4 Å². The SMILES string of the molecule is CCC1(C)NC(=O)CC(C)N(CC2CCCC2)C1=O. The molecule has 0 aromatic rings. The quantitative estimate of drug-likeness (QED) is 0.850. The van der Waals surface area contributed by atoms with Crippen molar-refractivity contribution < 1.29 is 9.59 Å². The van der Waals surface area contributed by atoms with Gasteiger partial charge in [0.25, 0.3) is 0 Å². The fourth-order valence-electron chi connectivity index (χ4n) is 3.28. The molecule has 0 aromatic heterocycles. The van der Waals surface area contributed by atoms with Gasteiger partial charge in [0.2, 0.25) is 11.8 Å². The highest BCUT2D eigenvalue weighted by molar-refractivity contribution is 5.93.